The molecule has 0 aliphatic heterocycles. The van der Waals surface area contributed by atoms with Crippen LogP contribution < -0.4 is 10.0 Å². The Hall–Kier alpha value is -1.40. The van der Waals surface area contributed by atoms with Crippen LogP contribution in [0.15, 0.2) is 24.3 Å². The number of rotatable bonds is 5. The second-order valence-electron chi connectivity index (χ2n) is 3.74. The Morgan fingerprint density at radius 2 is 1.88 bits per heavy atom. The van der Waals surface area contributed by atoms with Crippen molar-refractivity contribution in [3.8, 4) is 0 Å². The summed E-state index contributed by atoms with van der Waals surface area (Å²) in [6, 6.07) is 7.23. The second kappa shape index (κ2) is 5.79. The summed E-state index contributed by atoms with van der Waals surface area (Å²) in [6.07, 6.45) is 1.08. The van der Waals surface area contributed by atoms with Crippen LogP contribution in [0, 0.1) is 6.92 Å². The Morgan fingerprint density at radius 3 is 2.47 bits per heavy atom. The van der Waals surface area contributed by atoms with Gasteiger partial charge in [-0.15, -0.1) is 0 Å². The third kappa shape index (κ3) is 4.97. The van der Waals surface area contributed by atoms with E-state index in [0.29, 0.717) is 5.56 Å². The normalized spacial score (nSPS) is 11.2. The molecule has 0 heterocycles. The SMILES string of the molecule is Cc1ccccc1C(=O)NCCNS(C)(=O)=O. The van der Waals surface area contributed by atoms with Crippen molar-refractivity contribution >= 4 is 15.9 Å². The molecule has 0 bridgehead atoms. The highest BCUT2D eigenvalue weighted by molar-refractivity contribution is 7.88. The van der Waals surface area contributed by atoms with Gasteiger partial charge in [0.2, 0.25) is 10.0 Å². The van der Waals surface area contributed by atoms with Crippen LogP contribution in [0.4, 0.5) is 0 Å². The lowest BCUT2D eigenvalue weighted by molar-refractivity contribution is 0.0953. The molecule has 0 aromatic heterocycles. The molecule has 0 aliphatic rings. The number of hydrogen-bond acceptors (Lipinski definition) is 3. The third-order valence-corrected chi connectivity index (χ3v) is 2.89. The minimum absolute atomic E-state index is 0.191. The Bertz CT molecular complexity index is 497. The zero-order valence-electron chi connectivity index (χ0n) is 9.86. The number of sulfonamides is 1. The van der Waals surface area contributed by atoms with E-state index in [1.54, 1.807) is 12.1 Å². The summed E-state index contributed by atoms with van der Waals surface area (Å²) in [7, 11) is -3.20. The van der Waals surface area contributed by atoms with E-state index in [2.05, 4.69) is 10.0 Å². The Morgan fingerprint density at radius 1 is 1.24 bits per heavy atom. The molecular formula is C11H16N2O3S. The molecule has 0 aliphatic carbocycles. The second-order valence-corrected chi connectivity index (χ2v) is 5.57. The van der Waals surface area contributed by atoms with Crippen molar-refractivity contribution in [2.45, 2.75) is 6.92 Å². The Balaban J connectivity index is 2.44. The van der Waals surface area contributed by atoms with Gasteiger partial charge in [0.15, 0.2) is 0 Å². The van der Waals surface area contributed by atoms with Gasteiger partial charge in [-0.25, -0.2) is 13.1 Å². The van der Waals surface area contributed by atoms with Crippen LogP contribution in [0.5, 0.6) is 0 Å². The van der Waals surface area contributed by atoms with Gasteiger partial charge < -0.3 is 5.32 Å². The van der Waals surface area contributed by atoms with Gasteiger partial charge in [0.25, 0.3) is 5.91 Å². The molecular weight excluding hydrogens is 240 g/mol. The van der Waals surface area contributed by atoms with E-state index in [9.17, 15) is 13.2 Å². The zero-order valence-corrected chi connectivity index (χ0v) is 10.7. The summed E-state index contributed by atoms with van der Waals surface area (Å²) in [5.41, 5.74) is 1.49. The molecule has 0 spiro atoms. The standard InChI is InChI=1S/C11H16N2O3S/c1-9-5-3-4-6-10(9)11(14)12-7-8-13-17(2,15)16/h3-6,13H,7-8H2,1-2H3,(H,12,14). The topological polar surface area (TPSA) is 75.3 Å². The lowest BCUT2D eigenvalue weighted by atomic mass is 10.1. The Labute approximate surface area is 101 Å². The summed E-state index contributed by atoms with van der Waals surface area (Å²) in [5, 5.41) is 2.65. The van der Waals surface area contributed by atoms with Gasteiger partial charge in [0.1, 0.15) is 0 Å². The molecule has 94 valence electrons. The van der Waals surface area contributed by atoms with Crippen molar-refractivity contribution in [3.63, 3.8) is 0 Å². The van der Waals surface area contributed by atoms with Crippen molar-refractivity contribution in [1.29, 1.82) is 0 Å². The van der Waals surface area contributed by atoms with E-state index >= 15 is 0 Å². The zero-order chi connectivity index (χ0) is 12.9. The van der Waals surface area contributed by atoms with E-state index in [0.717, 1.165) is 11.8 Å². The summed E-state index contributed by atoms with van der Waals surface area (Å²) >= 11 is 0. The molecule has 0 atom stereocenters. The minimum atomic E-state index is -3.20. The quantitative estimate of drug-likeness (QED) is 0.743. The van der Waals surface area contributed by atoms with E-state index in [-0.39, 0.29) is 19.0 Å². The number of carbonyl (C=O) groups excluding carboxylic acids is 1. The molecule has 6 heteroatoms. The van der Waals surface area contributed by atoms with Crippen molar-refractivity contribution in [1.82, 2.24) is 10.0 Å². The molecule has 1 amide bonds. The van der Waals surface area contributed by atoms with Crippen LogP contribution in [-0.2, 0) is 10.0 Å². The summed E-state index contributed by atoms with van der Waals surface area (Å²) in [6.45, 7) is 2.31. The monoisotopic (exact) mass is 256 g/mol. The van der Waals surface area contributed by atoms with Gasteiger partial charge in [0, 0.05) is 18.7 Å². The lowest BCUT2D eigenvalue weighted by Crippen LogP contribution is -2.34. The molecule has 1 aromatic carbocycles. The summed E-state index contributed by atoms with van der Waals surface area (Å²) in [5.74, 6) is -0.196. The number of hydrogen-bond donors (Lipinski definition) is 2. The van der Waals surface area contributed by atoms with Gasteiger partial charge in [-0.2, -0.15) is 0 Å². The molecule has 5 nitrogen and oxygen atoms in total. The van der Waals surface area contributed by atoms with Crippen LogP contribution in [0.3, 0.4) is 0 Å². The van der Waals surface area contributed by atoms with E-state index in [4.69, 9.17) is 0 Å². The van der Waals surface area contributed by atoms with Crippen molar-refractivity contribution in [3.05, 3.63) is 35.4 Å². The van der Waals surface area contributed by atoms with Crippen molar-refractivity contribution in [2.24, 2.45) is 0 Å². The van der Waals surface area contributed by atoms with Gasteiger partial charge in [-0.05, 0) is 18.6 Å². The molecule has 0 saturated carbocycles. The molecule has 0 fully saturated rings. The van der Waals surface area contributed by atoms with Gasteiger partial charge in [-0.3, -0.25) is 4.79 Å². The predicted octanol–water partition coefficient (Wildman–Crippen LogP) is 0.274. The highest BCUT2D eigenvalue weighted by atomic mass is 32.2. The van der Waals surface area contributed by atoms with Gasteiger partial charge in [0.05, 0.1) is 6.26 Å². The maximum atomic E-state index is 11.7. The number of benzene rings is 1. The number of amides is 1. The van der Waals surface area contributed by atoms with Crippen molar-refractivity contribution in [2.75, 3.05) is 19.3 Å². The first-order valence-electron chi connectivity index (χ1n) is 5.18. The van der Waals surface area contributed by atoms with Crippen LogP contribution in [0.25, 0.3) is 0 Å². The molecule has 0 radical (unpaired) electrons. The molecule has 0 saturated heterocycles. The van der Waals surface area contributed by atoms with E-state index < -0.39 is 10.0 Å². The average molecular weight is 256 g/mol. The van der Waals surface area contributed by atoms with Crippen LogP contribution in [0.2, 0.25) is 0 Å². The van der Waals surface area contributed by atoms with Gasteiger partial charge in [-0.1, -0.05) is 18.2 Å². The largest absolute Gasteiger partial charge is 0.351 e. The molecule has 2 N–H and O–H groups in total. The van der Waals surface area contributed by atoms with Gasteiger partial charge >= 0.3 is 0 Å². The van der Waals surface area contributed by atoms with Crippen molar-refractivity contribution < 1.29 is 13.2 Å². The number of nitrogens with one attached hydrogen (secondary N) is 2. The molecule has 17 heavy (non-hydrogen) atoms. The maximum absolute atomic E-state index is 11.7. The molecule has 0 unspecified atom stereocenters. The predicted molar refractivity (Wildman–Crippen MR) is 66.4 cm³/mol. The summed E-state index contributed by atoms with van der Waals surface area (Å²) < 4.78 is 23.9. The van der Waals surface area contributed by atoms with Crippen LogP contribution in [-0.4, -0.2) is 33.7 Å². The highest BCUT2D eigenvalue weighted by Gasteiger charge is 2.07. The highest BCUT2D eigenvalue weighted by Crippen LogP contribution is 2.05. The minimum Gasteiger partial charge on any atom is -0.351 e. The number of aryl methyl sites for hydroxylation is 1. The lowest BCUT2D eigenvalue weighted by Gasteiger charge is -2.07. The molecule has 1 aromatic rings. The third-order valence-electron chi connectivity index (χ3n) is 2.16. The van der Waals surface area contributed by atoms with Crippen LogP contribution in [0.1, 0.15) is 15.9 Å². The van der Waals surface area contributed by atoms with E-state index in [1.165, 1.54) is 0 Å². The fraction of sp³-hybridized carbons (Fsp3) is 0.364. The fourth-order valence-corrected chi connectivity index (χ4v) is 1.81. The van der Waals surface area contributed by atoms with E-state index in [1.807, 2.05) is 19.1 Å². The summed E-state index contributed by atoms with van der Waals surface area (Å²) in [4.78, 5) is 11.7. The number of carbonyl (C=O) groups is 1. The smallest absolute Gasteiger partial charge is 0.251 e. The fourth-order valence-electron chi connectivity index (χ4n) is 1.34. The first kappa shape index (κ1) is 13.7. The first-order chi connectivity index (χ1) is 7.90. The van der Waals surface area contributed by atoms with Crippen LogP contribution >= 0.6 is 0 Å². The maximum Gasteiger partial charge on any atom is 0.251 e. The first-order valence-corrected chi connectivity index (χ1v) is 7.08. The average Bonchev–Trinajstić information content (AvgIpc) is 2.23. The Kier molecular flexibility index (Phi) is 4.65. The molecule has 1 rings (SSSR count).